The summed E-state index contributed by atoms with van der Waals surface area (Å²) in [6.45, 7) is 2.03. The van der Waals surface area contributed by atoms with Gasteiger partial charge in [0.05, 0.1) is 4.88 Å². The van der Waals surface area contributed by atoms with E-state index in [0.29, 0.717) is 0 Å². The average Bonchev–Trinajstić information content (AvgIpc) is 2.65. The van der Waals surface area contributed by atoms with Crippen molar-refractivity contribution in [3.63, 3.8) is 0 Å². The van der Waals surface area contributed by atoms with Crippen molar-refractivity contribution in [2.24, 2.45) is 11.7 Å². The summed E-state index contributed by atoms with van der Waals surface area (Å²) in [5.74, 6) is 0.331. The lowest BCUT2D eigenvalue weighted by Gasteiger charge is -2.26. The fraction of sp³-hybridized carbons (Fsp3) is 0.583. The van der Waals surface area contributed by atoms with Crippen LogP contribution in [-0.4, -0.2) is 11.8 Å². The van der Waals surface area contributed by atoms with Crippen LogP contribution in [-0.2, 0) is 0 Å². The van der Waals surface area contributed by atoms with E-state index in [2.05, 4.69) is 0 Å². The Labute approximate surface area is 94.5 Å². The van der Waals surface area contributed by atoms with E-state index < -0.39 is 0 Å². The van der Waals surface area contributed by atoms with Gasteiger partial charge in [-0.05, 0) is 31.9 Å². The van der Waals surface area contributed by atoms with Gasteiger partial charge in [0.25, 0.3) is 0 Å². The molecular weight excluding hydrogens is 206 g/mol. The van der Waals surface area contributed by atoms with Gasteiger partial charge in [-0.2, -0.15) is 0 Å². The van der Waals surface area contributed by atoms with Crippen molar-refractivity contribution in [3.8, 4) is 0 Å². The molecule has 0 bridgehead atoms. The van der Waals surface area contributed by atoms with Gasteiger partial charge in [-0.1, -0.05) is 12.8 Å². The van der Waals surface area contributed by atoms with E-state index in [-0.39, 0.29) is 17.7 Å². The molecule has 0 saturated heterocycles. The van der Waals surface area contributed by atoms with E-state index in [4.69, 9.17) is 5.73 Å². The Bertz CT molecular complexity index is 358. The molecule has 2 nitrogen and oxygen atoms in total. The predicted molar refractivity (Wildman–Crippen MR) is 63.3 cm³/mol. The molecule has 15 heavy (non-hydrogen) atoms. The molecule has 2 rings (SSSR count). The minimum absolute atomic E-state index is 0.0665. The van der Waals surface area contributed by atoms with Crippen molar-refractivity contribution in [2.45, 2.75) is 38.6 Å². The number of rotatable bonds is 2. The fourth-order valence-electron chi connectivity index (χ4n) is 2.23. The molecule has 0 spiro atoms. The maximum absolute atomic E-state index is 12.2. The van der Waals surface area contributed by atoms with Gasteiger partial charge in [0.1, 0.15) is 0 Å². The van der Waals surface area contributed by atoms with Gasteiger partial charge < -0.3 is 5.73 Å². The first-order valence-corrected chi connectivity index (χ1v) is 6.36. The minimum Gasteiger partial charge on any atom is -0.327 e. The Balaban J connectivity index is 2.13. The van der Waals surface area contributed by atoms with Gasteiger partial charge in [0.2, 0.25) is 0 Å². The van der Waals surface area contributed by atoms with Crippen LogP contribution in [0.5, 0.6) is 0 Å². The molecule has 1 aliphatic carbocycles. The van der Waals surface area contributed by atoms with Crippen molar-refractivity contribution >= 4 is 17.1 Å². The SMILES string of the molecule is Cc1ccc(C(=O)C2CCCCC2N)s1. The van der Waals surface area contributed by atoms with Gasteiger partial charge in [-0.3, -0.25) is 4.79 Å². The topological polar surface area (TPSA) is 43.1 Å². The molecule has 1 aromatic rings. The lowest BCUT2D eigenvalue weighted by atomic mass is 9.82. The summed E-state index contributed by atoms with van der Waals surface area (Å²) in [6.07, 6.45) is 4.29. The third-order valence-electron chi connectivity index (χ3n) is 3.14. The molecule has 2 unspecified atom stereocenters. The number of thiophene rings is 1. The van der Waals surface area contributed by atoms with E-state index in [9.17, 15) is 4.79 Å². The number of aryl methyl sites for hydroxylation is 1. The largest absolute Gasteiger partial charge is 0.327 e. The van der Waals surface area contributed by atoms with E-state index in [1.807, 2.05) is 19.1 Å². The highest BCUT2D eigenvalue weighted by Gasteiger charge is 2.29. The maximum Gasteiger partial charge on any atom is 0.177 e. The van der Waals surface area contributed by atoms with Crippen LogP contribution in [0.2, 0.25) is 0 Å². The molecule has 82 valence electrons. The zero-order chi connectivity index (χ0) is 10.8. The molecule has 3 heteroatoms. The fourth-order valence-corrected chi connectivity index (χ4v) is 3.11. The number of hydrogen-bond donors (Lipinski definition) is 1. The predicted octanol–water partition coefficient (Wildman–Crippen LogP) is 2.76. The lowest BCUT2D eigenvalue weighted by molar-refractivity contribution is 0.0875. The van der Waals surface area contributed by atoms with Gasteiger partial charge in [0, 0.05) is 16.8 Å². The smallest absolute Gasteiger partial charge is 0.177 e. The second kappa shape index (κ2) is 4.45. The molecule has 0 aliphatic heterocycles. The zero-order valence-corrected chi connectivity index (χ0v) is 9.85. The second-order valence-corrected chi connectivity index (χ2v) is 5.62. The summed E-state index contributed by atoms with van der Waals surface area (Å²) in [7, 11) is 0. The first-order chi connectivity index (χ1) is 7.18. The summed E-state index contributed by atoms with van der Waals surface area (Å²) in [5.41, 5.74) is 6.01. The van der Waals surface area contributed by atoms with Crippen molar-refractivity contribution in [2.75, 3.05) is 0 Å². The van der Waals surface area contributed by atoms with Gasteiger partial charge in [-0.15, -0.1) is 11.3 Å². The van der Waals surface area contributed by atoms with E-state index >= 15 is 0 Å². The maximum atomic E-state index is 12.2. The molecule has 1 aromatic heterocycles. The van der Waals surface area contributed by atoms with Crippen molar-refractivity contribution in [3.05, 3.63) is 21.9 Å². The summed E-state index contributed by atoms with van der Waals surface area (Å²) >= 11 is 1.59. The molecule has 0 aromatic carbocycles. The number of carbonyl (C=O) groups is 1. The molecule has 2 N–H and O–H groups in total. The first kappa shape index (κ1) is 10.8. The van der Waals surface area contributed by atoms with E-state index in [0.717, 1.165) is 24.1 Å². The van der Waals surface area contributed by atoms with Crippen LogP contribution in [0, 0.1) is 12.8 Å². The summed E-state index contributed by atoms with van der Waals surface area (Å²) in [4.78, 5) is 14.2. The number of Topliss-reactive ketones (excluding diaryl/α,β-unsaturated/α-hetero) is 1. The molecule has 0 radical (unpaired) electrons. The van der Waals surface area contributed by atoms with Crippen molar-refractivity contribution < 1.29 is 4.79 Å². The Morgan fingerprint density at radius 1 is 1.40 bits per heavy atom. The van der Waals surface area contributed by atoms with E-state index in [1.165, 1.54) is 11.3 Å². The highest BCUT2D eigenvalue weighted by molar-refractivity contribution is 7.14. The number of nitrogens with two attached hydrogens (primary N) is 1. The number of ketones is 1. The average molecular weight is 223 g/mol. The van der Waals surface area contributed by atoms with Gasteiger partial charge in [-0.25, -0.2) is 0 Å². The highest BCUT2D eigenvalue weighted by atomic mass is 32.1. The molecular formula is C12H17NOS. The third kappa shape index (κ3) is 2.29. The van der Waals surface area contributed by atoms with Gasteiger partial charge in [0.15, 0.2) is 5.78 Å². The first-order valence-electron chi connectivity index (χ1n) is 5.54. The monoisotopic (exact) mass is 223 g/mol. The Morgan fingerprint density at radius 2 is 2.13 bits per heavy atom. The van der Waals surface area contributed by atoms with Crippen LogP contribution in [0.3, 0.4) is 0 Å². The van der Waals surface area contributed by atoms with Crippen LogP contribution >= 0.6 is 11.3 Å². The highest BCUT2D eigenvalue weighted by Crippen LogP contribution is 2.28. The van der Waals surface area contributed by atoms with Crippen molar-refractivity contribution in [1.29, 1.82) is 0 Å². The molecule has 1 heterocycles. The number of carbonyl (C=O) groups excluding carboxylic acids is 1. The quantitative estimate of drug-likeness (QED) is 0.783. The van der Waals surface area contributed by atoms with Crippen LogP contribution in [0.4, 0.5) is 0 Å². The minimum atomic E-state index is 0.0665. The normalized spacial score (nSPS) is 26.5. The van der Waals surface area contributed by atoms with Crippen LogP contribution < -0.4 is 5.73 Å². The molecule has 1 fully saturated rings. The Morgan fingerprint density at radius 3 is 2.73 bits per heavy atom. The Hall–Kier alpha value is -0.670. The Kier molecular flexibility index (Phi) is 3.22. The zero-order valence-electron chi connectivity index (χ0n) is 9.03. The van der Waals surface area contributed by atoms with Gasteiger partial charge >= 0.3 is 0 Å². The summed E-state index contributed by atoms with van der Waals surface area (Å²) in [5, 5.41) is 0. The summed E-state index contributed by atoms with van der Waals surface area (Å²) in [6, 6.07) is 4.02. The summed E-state index contributed by atoms with van der Waals surface area (Å²) < 4.78 is 0. The van der Waals surface area contributed by atoms with Crippen molar-refractivity contribution in [1.82, 2.24) is 0 Å². The van der Waals surface area contributed by atoms with Crippen LogP contribution in [0.1, 0.15) is 40.2 Å². The molecule has 2 atom stereocenters. The second-order valence-electron chi connectivity index (χ2n) is 4.33. The molecule has 1 aliphatic rings. The van der Waals surface area contributed by atoms with E-state index in [1.54, 1.807) is 11.3 Å². The standard InChI is InChI=1S/C12H17NOS/c1-8-6-7-11(15-8)12(14)9-4-2-3-5-10(9)13/h6-7,9-10H,2-5,13H2,1H3. The third-order valence-corrected chi connectivity index (χ3v) is 4.15. The number of hydrogen-bond acceptors (Lipinski definition) is 3. The molecule has 1 saturated carbocycles. The lowest BCUT2D eigenvalue weighted by Crippen LogP contribution is -2.37. The van der Waals surface area contributed by atoms with Crippen LogP contribution in [0.15, 0.2) is 12.1 Å². The van der Waals surface area contributed by atoms with Crippen LogP contribution in [0.25, 0.3) is 0 Å². The molecule has 0 amide bonds.